The number of hydrogen-bond donors (Lipinski definition) is 1. The van der Waals surface area contributed by atoms with Crippen LogP contribution in [0.5, 0.6) is 0 Å². The fraction of sp³-hybridized carbons (Fsp3) is 0.125. The summed E-state index contributed by atoms with van der Waals surface area (Å²) in [7, 11) is 0. The van der Waals surface area contributed by atoms with Gasteiger partial charge in [-0.05, 0) is 47.0 Å². The lowest BCUT2D eigenvalue weighted by molar-refractivity contribution is 0.598. The third kappa shape index (κ3) is 2.05. The van der Waals surface area contributed by atoms with Gasteiger partial charge in [0.1, 0.15) is 5.82 Å². The van der Waals surface area contributed by atoms with Crippen molar-refractivity contribution in [2.45, 2.75) is 12.5 Å². The molecule has 1 aromatic heterocycles. The fourth-order valence-corrected chi connectivity index (χ4v) is 3.38. The van der Waals surface area contributed by atoms with Crippen molar-refractivity contribution in [1.29, 1.82) is 0 Å². The highest BCUT2D eigenvalue weighted by Crippen LogP contribution is 2.34. The van der Waals surface area contributed by atoms with Crippen LogP contribution in [0.1, 0.15) is 18.1 Å². The number of fused-ring (bicyclic) bond motifs is 1. The Balaban J connectivity index is 2.18. The molecule has 2 N–H and O–H groups in total. The van der Waals surface area contributed by atoms with Gasteiger partial charge in [0, 0.05) is 4.70 Å². The lowest BCUT2D eigenvalue weighted by Crippen LogP contribution is -2.34. The molecule has 2 aromatic carbocycles. The van der Waals surface area contributed by atoms with Crippen LogP contribution in [0.3, 0.4) is 0 Å². The van der Waals surface area contributed by atoms with Gasteiger partial charge in [-0.3, -0.25) is 0 Å². The Bertz CT molecular complexity index is 713. The van der Waals surface area contributed by atoms with Crippen molar-refractivity contribution in [2.24, 2.45) is 5.73 Å². The average Bonchev–Trinajstić information content (AvgIpc) is 2.87. The van der Waals surface area contributed by atoms with E-state index in [0.29, 0.717) is 0 Å². The molecule has 1 unspecified atom stereocenters. The van der Waals surface area contributed by atoms with Crippen LogP contribution in [-0.4, -0.2) is 0 Å². The third-order valence-electron chi connectivity index (χ3n) is 3.48. The summed E-state index contributed by atoms with van der Waals surface area (Å²) in [4.78, 5) is 0. The largest absolute Gasteiger partial charge is 0.318 e. The van der Waals surface area contributed by atoms with Crippen LogP contribution in [0.15, 0.2) is 53.9 Å². The van der Waals surface area contributed by atoms with Crippen LogP contribution in [0.25, 0.3) is 10.1 Å². The maximum Gasteiger partial charge on any atom is 0.123 e. The summed E-state index contributed by atoms with van der Waals surface area (Å²) in [6.07, 6.45) is 0. The molecule has 3 heteroatoms. The first kappa shape index (κ1) is 12.3. The second kappa shape index (κ2) is 4.44. The summed E-state index contributed by atoms with van der Waals surface area (Å²) >= 11 is 1.68. The SMILES string of the molecule is CC(N)(c1ccc(F)cc1)c1cccc2ccsc12. The predicted molar refractivity (Wildman–Crippen MR) is 78.9 cm³/mol. The van der Waals surface area contributed by atoms with Crippen LogP contribution >= 0.6 is 11.3 Å². The normalized spacial score (nSPS) is 14.5. The van der Waals surface area contributed by atoms with Crippen molar-refractivity contribution >= 4 is 21.4 Å². The Morgan fingerprint density at radius 3 is 2.53 bits per heavy atom. The van der Waals surface area contributed by atoms with E-state index in [1.165, 1.54) is 22.2 Å². The van der Waals surface area contributed by atoms with Gasteiger partial charge in [-0.15, -0.1) is 11.3 Å². The molecule has 0 amide bonds. The zero-order valence-corrected chi connectivity index (χ0v) is 11.4. The van der Waals surface area contributed by atoms with Crippen LogP contribution < -0.4 is 5.73 Å². The highest BCUT2D eigenvalue weighted by molar-refractivity contribution is 7.17. The van der Waals surface area contributed by atoms with Gasteiger partial charge in [-0.1, -0.05) is 30.3 Å². The van der Waals surface area contributed by atoms with E-state index in [4.69, 9.17) is 5.73 Å². The molecule has 1 atom stereocenters. The number of nitrogens with two attached hydrogens (primary N) is 1. The van der Waals surface area contributed by atoms with E-state index in [-0.39, 0.29) is 5.82 Å². The van der Waals surface area contributed by atoms with Gasteiger partial charge in [0.05, 0.1) is 5.54 Å². The molecule has 0 bridgehead atoms. The Morgan fingerprint density at radius 2 is 1.79 bits per heavy atom. The molecule has 0 aliphatic carbocycles. The van der Waals surface area contributed by atoms with E-state index in [1.54, 1.807) is 23.5 Å². The fourth-order valence-electron chi connectivity index (χ4n) is 2.35. The molecule has 1 heterocycles. The first-order valence-corrected chi connectivity index (χ1v) is 6.98. The molecule has 0 saturated heterocycles. The second-order valence-corrected chi connectivity index (χ2v) is 5.77. The summed E-state index contributed by atoms with van der Waals surface area (Å²) in [5.74, 6) is -0.242. The minimum atomic E-state index is -0.627. The zero-order chi connectivity index (χ0) is 13.5. The van der Waals surface area contributed by atoms with Gasteiger partial charge in [0.2, 0.25) is 0 Å². The van der Waals surface area contributed by atoms with E-state index in [0.717, 1.165) is 11.1 Å². The highest BCUT2D eigenvalue weighted by Gasteiger charge is 2.26. The smallest absolute Gasteiger partial charge is 0.123 e. The molecule has 19 heavy (non-hydrogen) atoms. The van der Waals surface area contributed by atoms with Gasteiger partial charge >= 0.3 is 0 Å². The molecule has 0 spiro atoms. The summed E-state index contributed by atoms with van der Waals surface area (Å²) in [6.45, 7) is 1.97. The van der Waals surface area contributed by atoms with Crippen LogP contribution in [0.4, 0.5) is 4.39 Å². The van der Waals surface area contributed by atoms with Crippen LogP contribution in [0, 0.1) is 5.82 Å². The van der Waals surface area contributed by atoms with Crippen molar-refractivity contribution < 1.29 is 4.39 Å². The third-order valence-corrected chi connectivity index (χ3v) is 4.45. The Labute approximate surface area is 115 Å². The molecule has 0 aliphatic heterocycles. The van der Waals surface area contributed by atoms with Gasteiger partial charge in [0.15, 0.2) is 0 Å². The van der Waals surface area contributed by atoms with Crippen molar-refractivity contribution in [1.82, 2.24) is 0 Å². The summed E-state index contributed by atoms with van der Waals surface area (Å²) in [5, 5.41) is 3.26. The summed E-state index contributed by atoms with van der Waals surface area (Å²) in [5.41, 5.74) is 7.88. The summed E-state index contributed by atoms with van der Waals surface area (Å²) in [6, 6.07) is 14.6. The molecular weight excluding hydrogens is 257 g/mol. The minimum absolute atomic E-state index is 0.242. The number of hydrogen-bond acceptors (Lipinski definition) is 2. The van der Waals surface area contributed by atoms with Crippen molar-refractivity contribution in [3.8, 4) is 0 Å². The Morgan fingerprint density at radius 1 is 1.05 bits per heavy atom. The van der Waals surface area contributed by atoms with E-state index >= 15 is 0 Å². The first-order valence-electron chi connectivity index (χ1n) is 6.10. The Hall–Kier alpha value is -1.71. The van der Waals surface area contributed by atoms with Crippen LogP contribution in [0.2, 0.25) is 0 Å². The highest BCUT2D eigenvalue weighted by atomic mass is 32.1. The van der Waals surface area contributed by atoms with Gasteiger partial charge < -0.3 is 5.73 Å². The number of halogens is 1. The van der Waals surface area contributed by atoms with Crippen LogP contribution in [-0.2, 0) is 5.54 Å². The van der Waals surface area contributed by atoms with Gasteiger partial charge in [-0.25, -0.2) is 4.39 Å². The Kier molecular flexibility index (Phi) is 2.88. The standard InChI is InChI=1S/C16H14FNS/c1-16(18,12-5-7-13(17)8-6-12)14-4-2-3-11-9-10-19-15(11)14/h2-10H,18H2,1H3. The van der Waals surface area contributed by atoms with E-state index < -0.39 is 5.54 Å². The molecule has 0 fully saturated rings. The number of thiophene rings is 1. The molecule has 0 radical (unpaired) electrons. The number of benzene rings is 2. The molecule has 3 aromatic rings. The molecule has 0 aliphatic rings. The van der Waals surface area contributed by atoms with E-state index in [1.807, 2.05) is 19.1 Å². The zero-order valence-electron chi connectivity index (χ0n) is 10.6. The molecule has 1 nitrogen and oxygen atoms in total. The lowest BCUT2D eigenvalue weighted by Gasteiger charge is -2.26. The first-order chi connectivity index (χ1) is 9.09. The average molecular weight is 271 g/mol. The minimum Gasteiger partial charge on any atom is -0.318 e. The van der Waals surface area contributed by atoms with Crippen molar-refractivity contribution in [3.63, 3.8) is 0 Å². The van der Waals surface area contributed by atoms with Crippen molar-refractivity contribution in [2.75, 3.05) is 0 Å². The topological polar surface area (TPSA) is 26.0 Å². The monoisotopic (exact) mass is 271 g/mol. The molecule has 0 saturated carbocycles. The molecule has 3 rings (SSSR count). The van der Waals surface area contributed by atoms with Crippen molar-refractivity contribution in [3.05, 3.63) is 70.9 Å². The quantitative estimate of drug-likeness (QED) is 0.740. The van der Waals surface area contributed by atoms with Gasteiger partial charge in [-0.2, -0.15) is 0 Å². The van der Waals surface area contributed by atoms with E-state index in [9.17, 15) is 4.39 Å². The summed E-state index contributed by atoms with van der Waals surface area (Å²) < 4.78 is 14.2. The second-order valence-electron chi connectivity index (χ2n) is 4.85. The maximum atomic E-state index is 13.0. The maximum absolute atomic E-state index is 13.0. The lowest BCUT2D eigenvalue weighted by atomic mass is 9.85. The molecule has 96 valence electrons. The predicted octanol–water partition coefficient (Wildman–Crippen LogP) is 4.26. The molecular formula is C16H14FNS. The van der Waals surface area contributed by atoms with Gasteiger partial charge in [0.25, 0.3) is 0 Å². The number of rotatable bonds is 2. The van der Waals surface area contributed by atoms with E-state index in [2.05, 4.69) is 17.5 Å².